The number of nitrogens with zero attached hydrogens (tertiary/aromatic N) is 1. The molecule has 2 aliphatic rings. The van der Waals surface area contributed by atoms with Gasteiger partial charge in [0.05, 0.1) is 24.6 Å². The molecule has 3 atom stereocenters. The molecule has 2 fully saturated rings. The second kappa shape index (κ2) is 8.54. The van der Waals surface area contributed by atoms with Crippen LogP contribution in [0.25, 0.3) is 0 Å². The average molecular weight is 334 g/mol. The van der Waals surface area contributed by atoms with Crippen molar-refractivity contribution in [2.45, 2.75) is 31.4 Å². The molecule has 118 valence electrons. The van der Waals surface area contributed by atoms with Crippen LogP contribution >= 0.6 is 24.8 Å². The van der Waals surface area contributed by atoms with Gasteiger partial charge in [-0.25, -0.2) is 0 Å². The number of rotatable bonds is 2. The second-order valence-corrected chi connectivity index (χ2v) is 5.21. The molecule has 21 heavy (non-hydrogen) atoms. The quantitative estimate of drug-likeness (QED) is 0.869. The predicted octanol–water partition coefficient (Wildman–Crippen LogP) is 2.02. The minimum atomic E-state index is 0. The third-order valence-electron chi connectivity index (χ3n) is 3.93. The summed E-state index contributed by atoms with van der Waals surface area (Å²) in [5, 5.41) is 6.39. The van der Waals surface area contributed by atoms with Crippen molar-refractivity contribution < 1.29 is 9.53 Å². The van der Waals surface area contributed by atoms with Crippen LogP contribution in [0.1, 0.15) is 19.3 Å². The molecule has 7 heteroatoms. The number of hydrogen-bond donors (Lipinski definition) is 2. The number of carbonyl (C=O) groups is 1. The Balaban J connectivity index is 0.00000110. The Bertz CT molecular complexity index is 447. The van der Waals surface area contributed by atoms with E-state index in [1.807, 2.05) is 12.1 Å². The third kappa shape index (κ3) is 4.54. The zero-order chi connectivity index (χ0) is 13.1. The standard InChI is InChI=1S/C14H19N3O2.2ClH/c18-14(17-11-2-1-5-15-9-11)10-3-4-13-12(8-10)16-6-7-19-13;;/h1-2,5,9-10,12-13,16H,3-4,6-8H2,(H,17,18);2*1H/t10-,12+,13+;;/m0../s1. The van der Waals surface area contributed by atoms with Gasteiger partial charge in [0.2, 0.25) is 5.91 Å². The Morgan fingerprint density at radius 3 is 3.00 bits per heavy atom. The van der Waals surface area contributed by atoms with Crippen molar-refractivity contribution in [3.63, 3.8) is 0 Å². The molecule has 1 aromatic rings. The first kappa shape index (κ1) is 18.2. The smallest absolute Gasteiger partial charge is 0.227 e. The van der Waals surface area contributed by atoms with Crippen molar-refractivity contribution in [1.82, 2.24) is 10.3 Å². The van der Waals surface area contributed by atoms with Gasteiger partial charge in [0.25, 0.3) is 0 Å². The Morgan fingerprint density at radius 1 is 1.38 bits per heavy atom. The van der Waals surface area contributed by atoms with Crippen molar-refractivity contribution in [3.8, 4) is 0 Å². The normalized spacial score (nSPS) is 27.5. The topological polar surface area (TPSA) is 63.2 Å². The highest BCUT2D eigenvalue weighted by molar-refractivity contribution is 5.92. The molecule has 0 aromatic carbocycles. The number of fused-ring (bicyclic) bond motifs is 1. The Hall–Kier alpha value is -0.880. The first-order valence-electron chi connectivity index (χ1n) is 6.89. The number of morpholine rings is 1. The molecule has 1 aromatic heterocycles. The molecular weight excluding hydrogens is 313 g/mol. The lowest BCUT2D eigenvalue weighted by atomic mass is 9.82. The van der Waals surface area contributed by atoms with Crippen LogP contribution in [0.2, 0.25) is 0 Å². The Morgan fingerprint density at radius 2 is 2.24 bits per heavy atom. The number of nitrogens with one attached hydrogen (secondary N) is 2. The summed E-state index contributed by atoms with van der Waals surface area (Å²) in [5.41, 5.74) is 0.766. The maximum Gasteiger partial charge on any atom is 0.227 e. The van der Waals surface area contributed by atoms with Gasteiger partial charge in [0.15, 0.2) is 0 Å². The number of anilines is 1. The van der Waals surface area contributed by atoms with Gasteiger partial charge < -0.3 is 15.4 Å². The molecule has 1 saturated heterocycles. The fourth-order valence-corrected chi connectivity index (χ4v) is 2.93. The summed E-state index contributed by atoms with van der Waals surface area (Å²) in [6.07, 6.45) is 6.38. The van der Waals surface area contributed by atoms with Crippen LogP contribution < -0.4 is 10.6 Å². The van der Waals surface area contributed by atoms with Crippen LogP contribution in [0.15, 0.2) is 24.5 Å². The molecule has 0 radical (unpaired) electrons. The van der Waals surface area contributed by atoms with E-state index in [1.54, 1.807) is 12.4 Å². The first-order chi connectivity index (χ1) is 9.33. The Labute approximate surface area is 137 Å². The lowest BCUT2D eigenvalue weighted by Crippen LogP contribution is -2.52. The van der Waals surface area contributed by atoms with E-state index < -0.39 is 0 Å². The van der Waals surface area contributed by atoms with Gasteiger partial charge in [0, 0.05) is 24.7 Å². The number of hydrogen-bond acceptors (Lipinski definition) is 4. The van der Waals surface area contributed by atoms with E-state index in [0.29, 0.717) is 6.04 Å². The molecule has 0 unspecified atom stereocenters. The number of carbonyl (C=O) groups excluding carboxylic acids is 1. The predicted molar refractivity (Wildman–Crippen MR) is 86.2 cm³/mol. The van der Waals surface area contributed by atoms with Crippen molar-refractivity contribution >= 4 is 36.4 Å². The van der Waals surface area contributed by atoms with Gasteiger partial charge in [-0.3, -0.25) is 9.78 Å². The minimum absolute atomic E-state index is 0. The van der Waals surface area contributed by atoms with Crippen molar-refractivity contribution in [2.24, 2.45) is 5.92 Å². The molecule has 0 bridgehead atoms. The number of aromatic nitrogens is 1. The summed E-state index contributed by atoms with van der Waals surface area (Å²) in [5.74, 6) is 0.162. The number of ether oxygens (including phenoxy) is 1. The highest BCUT2D eigenvalue weighted by Gasteiger charge is 2.35. The van der Waals surface area contributed by atoms with Crippen LogP contribution in [0.5, 0.6) is 0 Å². The maximum atomic E-state index is 12.2. The van der Waals surface area contributed by atoms with E-state index in [2.05, 4.69) is 15.6 Å². The van der Waals surface area contributed by atoms with Crippen molar-refractivity contribution in [2.75, 3.05) is 18.5 Å². The summed E-state index contributed by atoms with van der Waals surface area (Å²) in [7, 11) is 0. The fraction of sp³-hybridized carbons (Fsp3) is 0.571. The van der Waals surface area contributed by atoms with Gasteiger partial charge in [-0.2, -0.15) is 0 Å². The lowest BCUT2D eigenvalue weighted by Gasteiger charge is -2.39. The molecule has 0 spiro atoms. The molecule has 2 heterocycles. The molecule has 1 aliphatic heterocycles. The molecule has 5 nitrogen and oxygen atoms in total. The van der Waals surface area contributed by atoms with E-state index in [0.717, 1.165) is 38.1 Å². The van der Waals surface area contributed by atoms with Crippen LogP contribution in [0, 0.1) is 5.92 Å². The lowest BCUT2D eigenvalue weighted by molar-refractivity contribution is -0.123. The van der Waals surface area contributed by atoms with Gasteiger partial charge in [-0.05, 0) is 31.4 Å². The van der Waals surface area contributed by atoms with Crippen molar-refractivity contribution in [1.29, 1.82) is 0 Å². The first-order valence-corrected chi connectivity index (χ1v) is 6.89. The van der Waals surface area contributed by atoms with Crippen LogP contribution in [0.3, 0.4) is 0 Å². The van der Waals surface area contributed by atoms with Crippen molar-refractivity contribution in [3.05, 3.63) is 24.5 Å². The van der Waals surface area contributed by atoms with Gasteiger partial charge in [0.1, 0.15) is 0 Å². The molecule has 1 aliphatic carbocycles. The number of pyridine rings is 1. The Kier molecular flexibility index (Phi) is 7.39. The monoisotopic (exact) mass is 333 g/mol. The van der Waals surface area contributed by atoms with Crippen LogP contribution in [-0.4, -0.2) is 36.2 Å². The van der Waals surface area contributed by atoms with E-state index in [4.69, 9.17) is 4.74 Å². The minimum Gasteiger partial charge on any atom is -0.375 e. The summed E-state index contributed by atoms with van der Waals surface area (Å²) in [6, 6.07) is 4.01. The molecule has 3 rings (SSSR count). The van der Waals surface area contributed by atoms with Gasteiger partial charge in [-0.1, -0.05) is 0 Å². The highest BCUT2D eigenvalue weighted by Crippen LogP contribution is 2.29. The maximum absolute atomic E-state index is 12.2. The van der Waals surface area contributed by atoms with Crippen LogP contribution in [-0.2, 0) is 9.53 Å². The van der Waals surface area contributed by atoms with E-state index >= 15 is 0 Å². The zero-order valence-electron chi connectivity index (χ0n) is 11.7. The van der Waals surface area contributed by atoms with Crippen LogP contribution in [0.4, 0.5) is 5.69 Å². The molecule has 2 N–H and O–H groups in total. The third-order valence-corrected chi connectivity index (χ3v) is 3.93. The van der Waals surface area contributed by atoms with E-state index in [9.17, 15) is 4.79 Å². The molecule has 1 saturated carbocycles. The summed E-state index contributed by atoms with van der Waals surface area (Å²) in [6.45, 7) is 1.67. The fourth-order valence-electron chi connectivity index (χ4n) is 2.93. The van der Waals surface area contributed by atoms with E-state index in [-0.39, 0.29) is 42.7 Å². The highest BCUT2D eigenvalue weighted by atomic mass is 35.5. The SMILES string of the molecule is Cl.Cl.O=C(Nc1cccnc1)[C@H]1CC[C@H]2OCCN[C@@H]2C1. The summed E-state index contributed by atoms with van der Waals surface area (Å²) >= 11 is 0. The largest absolute Gasteiger partial charge is 0.375 e. The summed E-state index contributed by atoms with van der Waals surface area (Å²) < 4.78 is 5.72. The summed E-state index contributed by atoms with van der Waals surface area (Å²) in [4.78, 5) is 16.2. The number of halogens is 2. The van der Waals surface area contributed by atoms with Gasteiger partial charge in [-0.15, -0.1) is 24.8 Å². The average Bonchev–Trinajstić information content (AvgIpc) is 2.48. The second-order valence-electron chi connectivity index (χ2n) is 5.21. The van der Waals surface area contributed by atoms with E-state index in [1.165, 1.54) is 0 Å². The zero-order valence-corrected chi connectivity index (χ0v) is 13.3. The molecular formula is C14H21Cl2N3O2. The molecule has 1 amide bonds. The number of amides is 1. The van der Waals surface area contributed by atoms with Gasteiger partial charge >= 0.3 is 0 Å².